The van der Waals surface area contributed by atoms with Crippen LogP contribution in [0.2, 0.25) is 0 Å². The van der Waals surface area contributed by atoms with E-state index < -0.39 is 0 Å². The maximum atomic E-state index is 11.3. The Kier molecular flexibility index (Phi) is 2.49. The van der Waals surface area contributed by atoms with Crippen molar-refractivity contribution in [2.24, 2.45) is 11.3 Å². The lowest BCUT2D eigenvalue weighted by Crippen LogP contribution is -2.19. The van der Waals surface area contributed by atoms with Gasteiger partial charge in [0.05, 0.1) is 6.10 Å². The number of carbonyl (C=O) groups excluding carboxylic acids is 1. The molecule has 2 atom stereocenters. The molecule has 1 aromatic carbocycles. The molecule has 1 aliphatic carbocycles. The monoisotopic (exact) mass is 245 g/mol. The number of fused-ring (bicyclic) bond motifs is 1. The Hall–Kier alpha value is -1.35. The Morgan fingerprint density at radius 1 is 1.39 bits per heavy atom. The topological polar surface area (TPSA) is 49.3 Å². The first-order valence-corrected chi connectivity index (χ1v) is 6.58. The molecule has 3 heteroatoms. The highest BCUT2D eigenvalue weighted by atomic mass is 16.3. The van der Waals surface area contributed by atoms with Gasteiger partial charge in [0, 0.05) is 12.1 Å². The SMILES string of the molecule is CC1(C)CC1C(O)c1ccc2c(c1)CCC(=O)N2. The minimum Gasteiger partial charge on any atom is -0.388 e. The van der Waals surface area contributed by atoms with Gasteiger partial charge in [-0.2, -0.15) is 0 Å². The Balaban J connectivity index is 1.84. The van der Waals surface area contributed by atoms with E-state index in [1.807, 2.05) is 18.2 Å². The van der Waals surface area contributed by atoms with Gasteiger partial charge in [-0.3, -0.25) is 4.79 Å². The van der Waals surface area contributed by atoms with Gasteiger partial charge in [0.15, 0.2) is 0 Å². The zero-order valence-corrected chi connectivity index (χ0v) is 10.9. The molecule has 1 aromatic rings. The number of aliphatic hydroxyl groups is 1. The standard InChI is InChI=1S/C15H19NO2/c1-15(2)8-11(15)14(18)10-3-5-12-9(7-10)4-6-13(17)16-12/h3,5,7,11,14,18H,4,6,8H2,1-2H3,(H,16,17). The van der Waals surface area contributed by atoms with E-state index in [9.17, 15) is 9.90 Å². The van der Waals surface area contributed by atoms with Crippen LogP contribution in [0.25, 0.3) is 0 Å². The number of hydrogen-bond acceptors (Lipinski definition) is 2. The normalized spacial score (nSPS) is 26.2. The highest BCUT2D eigenvalue weighted by Gasteiger charge is 2.50. The van der Waals surface area contributed by atoms with Crippen LogP contribution in [0.5, 0.6) is 0 Å². The lowest BCUT2D eigenvalue weighted by atomic mass is 9.95. The summed E-state index contributed by atoms with van der Waals surface area (Å²) in [5.41, 5.74) is 3.30. The van der Waals surface area contributed by atoms with Crippen molar-refractivity contribution >= 4 is 11.6 Å². The number of anilines is 1. The average Bonchev–Trinajstić information content (AvgIpc) is 2.97. The van der Waals surface area contributed by atoms with Gasteiger partial charge >= 0.3 is 0 Å². The molecule has 1 heterocycles. The number of amides is 1. The van der Waals surface area contributed by atoms with Crippen LogP contribution in [0.15, 0.2) is 18.2 Å². The quantitative estimate of drug-likeness (QED) is 0.841. The molecule has 0 aromatic heterocycles. The summed E-state index contributed by atoms with van der Waals surface area (Å²) >= 11 is 0. The third-order valence-corrected chi connectivity index (χ3v) is 4.34. The first-order valence-electron chi connectivity index (χ1n) is 6.58. The van der Waals surface area contributed by atoms with Crippen LogP contribution in [-0.2, 0) is 11.2 Å². The van der Waals surface area contributed by atoms with E-state index in [1.165, 1.54) is 0 Å². The molecular formula is C15H19NO2. The molecule has 1 amide bonds. The second-order valence-electron chi connectivity index (χ2n) is 6.21. The minimum absolute atomic E-state index is 0.0825. The predicted molar refractivity (Wildman–Crippen MR) is 70.2 cm³/mol. The second-order valence-corrected chi connectivity index (χ2v) is 6.21. The van der Waals surface area contributed by atoms with Crippen LogP contribution in [-0.4, -0.2) is 11.0 Å². The predicted octanol–water partition coefficient (Wildman–Crippen LogP) is 2.65. The Morgan fingerprint density at radius 3 is 2.78 bits per heavy atom. The largest absolute Gasteiger partial charge is 0.388 e. The van der Waals surface area contributed by atoms with Crippen molar-refractivity contribution in [1.82, 2.24) is 0 Å². The van der Waals surface area contributed by atoms with Crippen LogP contribution in [0.4, 0.5) is 5.69 Å². The van der Waals surface area contributed by atoms with Crippen molar-refractivity contribution in [3.63, 3.8) is 0 Å². The summed E-state index contributed by atoms with van der Waals surface area (Å²) in [5, 5.41) is 13.2. The first kappa shape index (κ1) is 11.7. The molecule has 0 saturated heterocycles. The molecule has 3 nitrogen and oxygen atoms in total. The zero-order valence-electron chi connectivity index (χ0n) is 10.9. The summed E-state index contributed by atoms with van der Waals surface area (Å²) in [6.07, 6.45) is 2.03. The van der Waals surface area contributed by atoms with E-state index in [1.54, 1.807) is 0 Å². The molecule has 0 spiro atoms. The second kappa shape index (κ2) is 3.82. The van der Waals surface area contributed by atoms with Gasteiger partial charge in [0.25, 0.3) is 0 Å². The summed E-state index contributed by atoms with van der Waals surface area (Å²) in [5.74, 6) is 0.452. The fourth-order valence-electron chi connectivity index (χ4n) is 2.87. The van der Waals surface area contributed by atoms with Crippen molar-refractivity contribution in [3.8, 4) is 0 Å². The Bertz CT molecular complexity index is 507. The number of nitrogens with one attached hydrogen (secondary N) is 1. The third-order valence-electron chi connectivity index (χ3n) is 4.34. The van der Waals surface area contributed by atoms with Crippen LogP contribution in [0.1, 0.15) is 43.9 Å². The molecule has 0 radical (unpaired) electrons. The van der Waals surface area contributed by atoms with Gasteiger partial charge in [-0.05, 0) is 41.4 Å². The van der Waals surface area contributed by atoms with E-state index >= 15 is 0 Å². The van der Waals surface area contributed by atoms with Gasteiger partial charge in [-0.1, -0.05) is 26.0 Å². The maximum Gasteiger partial charge on any atom is 0.224 e. The van der Waals surface area contributed by atoms with Gasteiger partial charge in [0.1, 0.15) is 0 Å². The number of benzene rings is 1. The number of carbonyl (C=O) groups is 1. The first-order chi connectivity index (χ1) is 8.47. The summed E-state index contributed by atoms with van der Waals surface area (Å²) in [7, 11) is 0. The number of aryl methyl sites for hydroxylation is 1. The molecule has 2 unspecified atom stereocenters. The Morgan fingerprint density at radius 2 is 2.11 bits per heavy atom. The molecule has 18 heavy (non-hydrogen) atoms. The third kappa shape index (κ3) is 1.93. The average molecular weight is 245 g/mol. The van der Waals surface area contributed by atoms with E-state index in [2.05, 4.69) is 19.2 Å². The fourth-order valence-corrected chi connectivity index (χ4v) is 2.87. The van der Waals surface area contributed by atoms with Gasteiger partial charge < -0.3 is 10.4 Å². The molecular weight excluding hydrogens is 226 g/mol. The lowest BCUT2D eigenvalue weighted by Gasteiger charge is -2.20. The van der Waals surface area contributed by atoms with Crippen molar-refractivity contribution < 1.29 is 9.90 Å². The van der Waals surface area contributed by atoms with E-state index in [4.69, 9.17) is 0 Å². The molecule has 1 fully saturated rings. The molecule has 1 aliphatic heterocycles. The highest BCUT2D eigenvalue weighted by molar-refractivity contribution is 5.93. The van der Waals surface area contributed by atoms with Crippen LogP contribution >= 0.6 is 0 Å². The van der Waals surface area contributed by atoms with Crippen molar-refractivity contribution in [1.29, 1.82) is 0 Å². The van der Waals surface area contributed by atoms with Crippen LogP contribution in [0.3, 0.4) is 0 Å². The van der Waals surface area contributed by atoms with E-state index in [0.29, 0.717) is 12.3 Å². The molecule has 2 N–H and O–H groups in total. The van der Waals surface area contributed by atoms with Crippen molar-refractivity contribution in [2.45, 2.75) is 39.2 Å². The van der Waals surface area contributed by atoms with E-state index in [-0.39, 0.29) is 17.4 Å². The smallest absolute Gasteiger partial charge is 0.224 e. The van der Waals surface area contributed by atoms with Crippen molar-refractivity contribution in [2.75, 3.05) is 5.32 Å². The van der Waals surface area contributed by atoms with Crippen LogP contribution < -0.4 is 5.32 Å². The minimum atomic E-state index is -0.372. The maximum absolute atomic E-state index is 11.3. The van der Waals surface area contributed by atoms with Gasteiger partial charge in [0.2, 0.25) is 5.91 Å². The van der Waals surface area contributed by atoms with E-state index in [0.717, 1.165) is 29.7 Å². The molecule has 96 valence electrons. The van der Waals surface area contributed by atoms with Crippen LogP contribution in [0, 0.1) is 11.3 Å². The van der Waals surface area contributed by atoms with Gasteiger partial charge in [-0.15, -0.1) is 0 Å². The summed E-state index contributed by atoms with van der Waals surface area (Å²) in [4.78, 5) is 11.3. The molecule has 3 rings (SSSR count). The zero-order chi connectivity index (χ0) is 12.9. The summed E-state index contributed by atoms with van der Waals surface area (Å²) < 4.78 is 0. The van der Waals surface area contributed by atoms with Crippen molar-refractivity contribution in [3.05, 3.63) is 29.3 Å². The lowest BCUT2D eigenvalue weighted by molar-refractivity contribution is -0.116. The molecule has 0 bridgehead atoms. The van der Waals surface area contributed by atoms with Gasteiger partial charge in [-0.25, -0.2) is 0 Å². The summed E-state index contributed by atoms with van der Waals surface area (Å²) in [6.45, 7) is 4.39. The Labute approximate surface area is 107 Å². The molecule has 1 saturated carbocycles. The summed E-state index contributed by atoms with van der Waals surface area (Å²) in [6, 6.07) is 5.90. The fraction of sp³-hybridized carbons (Fsp3) is 0.533. The molecule has 2 aliphatic rings. The number of aliphatic hydroxyl groups excluding tert-OH is 1. The number of hydrogen-bond donors (Lipinski definition) is 2. The highest BCUT2D eigenvalue weighted by Crippen LogP contribution is 2.57. The number of rotatable bonds is 2.